The number of alkyl carbamates (subject to hydrolysis) is 1. The summed E-state index contributed by atoms with van der Waals surface area (Å²) in [7, 11) is 0. The average molecular weight is 320 g/mol. The summed E-state index contributed by atoms with van der Waals surface area (Å²) in [6.45, 7) is 6.94. The molecule has 1 aromatic rings. The van der Waals surface area contributed by atoms with E-state index in [0.717, 1.165) is 5.56 Å². The molecule has 2 rings (SSSR count). The maximum Gasteiger partial charge on any atom is 0.408 e. The van der Waals surface area contributed by atoms with E-state index in [2.05, 4.69) is 5.32 Å². The minimum Gasteiger partial charge on any atom is -0.444 e. The van der Waals surface area contributed by atoms with Crippen LogP contribution in [-0.2, 0) is 9.53 Å². The van der Waals surface area contributed by atoms with Gasteiger partial charge in [-0.05, 0) is 33.3 Å². The molecule has 6 heteroatoms. The lowest BCUT2D eigenvalue weighted by Crippen LogP contribution is -2.72. The number of hydrogen-bond donors (Lipinski definition) is 2. The number of rotatable bonds is 4. The maximum absolute atomic E-state index is 12.4. The van der Waals surface area contributed by atoms with Crippen molar-refractivity contribution in [1.82, 2.24) is 10.2 Å². The molecule has 2 amide bonds. The first-order valence-electron chi connectivity index (χ1n) is 7.72. The van der Waals surface area contributed by atoms with Crippen LogP contribution in [0.5, 0.6) is 0 Å². The highest BCUT2D eigenvalue weighted by molar-refractivity contribution is 5.92. The molecular weight excluding hydrogens is 296 g/mol. The van der Waals surface area contributed by atoms with Crippen LogP contribution in [0.2, 0.25) is 0 Å². The van der Waals surface area contributed by atoms with Crippen molar-refractivity contribution in [2.75, 3.05) is 6.61 Å². The van der Waals surface area contributed by atoms with Gasteiger partial charge in [0.15, 0.2) is 0 Å². The number of carbonyl (C=O) groups is 2. The molecule has 1 fully saturated rings. The van der Waals surface area contributed by atoms with E-state index in [-0.39, 0.29) is 18.6 Å². The Morgan fingerprint density at radius 2 is 1.96 bits per heavy atom. The standard InChI is InChI=1S/C17H24N2O4/c1-11(12-8-6-5-7-9-12)19-13(10-20)14(15(19)21)18-16(22)23-17(2,3)4/h5-9,11,13-14,20H,10H2,1-4H3,(H,18,22)/t11-,13-,14+/m1/s1. The summed E-state index contributed by atoms with van der Waals surface area (Å²) in [5.74, 6) is -0.216. The minimum atomic E-state index is -0.749. The van der Waals surface area contributed by atoms with Crippen molar-refractivity contribution in [3.05, 3.63) is 35.9 Å². The summed E-state index contributed by atoms with van der Waals surface area (Å²) in [4.78, 5) is 25.8. The smallest absolute Gasteiger partial charge is 0.408 e. The Morgan fingerprint density at radius 1 is 1.35 bits per heavy atom. The Hall–Kier alpha value is -2.08. The van der Waals surface area contributed by atoms with Gasteiger partial charge in [0.2, 0.25) is 5.91 Å². The normalized spacial score (nSPS) is 22.3. The van der Waals surface area contributed by atoms with E-state index < -0.39 is 23.8 Å². The average Bonchev–Trinajstić information content (AvgIpc) is 2.48. The van der Waals surface area contributed by atoms with Crippen molar-refractivity contribution in [2.24, 2.45) is 0 Å². The number of β-lactam (4-membered cyclic amide) rings is 1. The number of hydrogen-bond acceptors (Lipinski definition) is 4. The van der Waals surface area contributed by atoms with Crippen LogP contribution in [0.1, 0.15) is 39.3 Å². The predicted octanol–water partition coefficient (Wildman–Crippen LogP) is 1.84. The molecule has 1 aromatic carbocycles. The molecule has 1 heterocycles. The van der Waals surface area contributed by atoms with Gasteiger partial charge in [-0.2, -0.15) is 0 Å². The predicted molar refractivity (Wildman–Crippen MR) is 85.7 cm³/mol. The van der Waals surface area contributed by atoms with Gasteiger partial charge < -0.3 is 20.1 Å². The molecule has 0 saturated carbocycles. The van der Waals surface area contributed by atoms with Gasteiger partial charge in [-0.25, -0.2) is 4.79 Å². The molecule has 1 aliphatic heterocycles. The lowest BCUT2D eigenvalue weighted by molar-refractivity contribution is -0.157. The molecule has 0 spiro atoms. The molecule has 23 heavy (non-hydrogen) atoms. The Labute approximate surface area is 136 Å². The number of likely N-dealkylation sites (tertiary alicyclic amines) is 1. The molecule has 1 aliphatic rings. The molecule has 2 N–H and O–H groups in total. The quantitative estimate of drug-likeness (QED) is 0.830. The Morgan fingerprint density at radius 3 is 2.48 bits per heavy atom. The van der Waals surface area contributed by atoms with Crippen molar-refractivity contribution in [3.63, 3.8) is 0 Å². The van der Waals surface area contributed by atoms with Crippen LogP contribution in [0, 0.1) is 0 Å². The lowest BCUT2D eigenvalue weighted by atomic mass is 9.91. The van der Waals surface area contributed by atoms with Gasteiger partial charge in [0, 0.05) is 0 Å². The summed E-state index contributed by atoms with van der Waals surface area (Å²) in [6, 6.07) is 8.21. The van der Waals surface area contributed by atoms with Crippen LogP contribution >= 0.6 is 0 Å². The van der Waals surface area contributed by atoms with Crippen molar-refractivity contribution < 1.29 is 19.4 Å². The fraction of sp³-hybridized carbons (Fsp3) is 0.529. The van der Waals surface area contributed by atoms with Crippen molar-refractivity contribution in [3.8, 4) is 0 Å². The van der Waals surface area contributed by atoms with Gasteiger partial charge >= 0.3 is 6.09 Å². The van der Waals surface area contributed by atoms with E-state index in [1.807, 2.05) is 37.3 Å². The summed E-state index contributed by atoms with van der Waals surface area (Å²) in [5, 5.41) is 12.1. The number of benzene rings is 1. The highest BCUT2D eigenvalue weighted by atomic mass is 16.6. The number of aliphatic hydroxyl groups excluding tert-OH is 1. The molecule has 0 unspecified atom stereocenters. The van der Waals surface area contributed by atoms with Crippen molar-refractivity contribution in [1.29, 1.82) is 0 Å². The molecule has 126 valence electrons. The molecule has 3 atom stereocenters. The number of ether oxygens (including phenoxy) is 1. The monoisotopic (exact) mass is 320 g/mol. The zero-order chi connectivity index (χ0) is 17.2. The first kappa shape index (κ1) is 17.3. The first-order valence-corrected chi connectivity index (χ1v) is 7.72. The van der Waals surface area contributed by atoms with E-state index in [4.69, 9.17) is 4.74 Å². The van der Waals surface area contributed by atoms with E-state index >= 15 is 0 Å². The zero-order valence-electron chi connectivity index (χ0n) is 13.9. The SMILES string of the molecule is C[C@H](c1ccccc1)N1C(=O)[C@@H](NC(=O)OC(C)(C)C)[C@H]1CO. The van der Waals surface area contributed by atoms with Crippen LogP contribution in [-0.4, -0.2) is 46.3 Å². The fourth-order valence-corrected chi connectivity index (χ4v) is 2.72. The maximum atomic E-state index is 12.4. The van der Waals surface area contributed by atoms with Crippen LogP contribution in [0.3, 0.4) is 0 Å². The van der Waals surface area contributed by atoms with Gasteiger partial charge in [0.25, 0.3) is 0 Å². The number of amides is 2. The molecule has 6 nitrogen and oxygen atoms in total. The summed E-state index contributed by atoms with van der Waals surface area (Å²) in [5.41, 5.74) is 0.345. The third kappa shape index (κ3) is 3.82. The summed E-state index contributed by atoms with van der Waals surface area (Å²) in [6.07, 6.45) is -0.652. The van der Waals surface area contributed by atoms with Crippen LogP contribution in [0.4, 0.5) is 4.79 Å². The zero-order valence-corrected chi connectivity index (χ0v) is 13.9. The van der Waals surface area contributed by atoms with Gasteiger partial charge in [-0.1, -0.05) is 30.3 Å². The van der Waals surface area contributed by atoms with E-state index in [1.54, 1.807) is 25.7 Å². The largest absolute Gasteiger partial charge is 0.444 e. The number of nitrogens with zero attached hydrogens (tertiary/aromatic N) is 1. The molecule has 0 radical (unpaired) electrons. The second kappa shape index (κ2) is 6.58. The van der Waals surface area contributed by atoms with E-state index in [9.17, 15) is 14.7 Å². The molecular formula is C17H24N2O4. The third-order valence-electron chi connectivity index (χ3n) is 3.82. The number of nitrogens with one attached hydrogen (secondary N) is 1. The van der Waals surface area contributed by atoms with Gasteiger partial charge in [0.05, 0.1) is 18.7 Å². The van der Waals surface area contributed by atoms with Gasteiger partial charge in [-0.3, -0.25) is 4.79 Å². The topological polar surface area (TPSA) is 78.9 Å². The number of aliphatic hydroxyl groups is 1. The lowest BCUT2D eigenvalue weighted by Gasteiger charge is -2.49. The highest BCUT2D eigenvalue weighted by Gasteiger charge is 2.50. The third-order valence-corrected chi connectivity index (χ3v) is 3.82. The second-order valence-corrected chi connectivity index (χ2v) is 6.71. The Bertz CT molecular complexity index is 568. The van der Waals surface area contributed by atoms with Gasteiger partial charge in [-0.15, -0.1) is 0 Å². The molecule has 0 bridgehead atoms. The fourth-order valence-electron chi connectivity index (χ4n) is 2.72. The van der Waals surface area contributed by atoms with Crippen LogP contribution < -0.4 is 5.32 Å². The number of carbonyl (C=O) groups excluding carboxylic acids is 2. The van der Waals surface area contributed by atoms with Gasteiger partial charge in [0.1, 0.15) is 11.6 Å². The van der Waals surface area contributed by atoms with Crippen molar-refractivity contribution >= 4 is 12.0 Å². The minimum absolute atomic E-state index is 0.169. The Balaban J connectivity index is 2.04. The van der Waals surface area contributed by atoms with Crippen LogP contribution in [0.25, 0.3) is 0 Å². The molecule has 0 aromatic heterocycles. The summed E-state index contributed by atoms with van der Waals surface area (Å²) >= 11 is 0. The second-order valence-electron chi connectivity index (χ2n) is 6.71. The highest BCUT2D eigenvalue weighted by Crippen LogP contribution is 2.31. The van der Waals surface area contributed by atoms with Crippen molar-refractivity contribution in [2.45, 2.75) is 51.4 Å². The first-order chi connectivity index (χ1) is 10.7. The van der Waals surface area contributed by atoms with Crippen LogP contribution in [0.15, 0.2) is 30.3 Å². The molecule has 1 saturated heterocycles. The van der Waals surface area contributed by atoms with E-state index in [0.29, 0.717) is 0 Å². The molecule has 0 aliphatic carbocycles. The Kier molecular flexibility index (Phi) is 4.94. The van der Waals surface area contributed by atoms with E-state index in [1.165, 1.54) is 0 Å². The summed E-state index contributed by atoms with van der Waals surface area (Å²) < 4.78 is 5.16.